The molecule has 0 unspecified atom stereocenters. The molecule has 0 radical (unpaired) electrons. The highest BCUT2D eigenvalue weighted by molar-refractivity contribution is 5.87. The van der Waals surface area contributed by atoms with Gasteiger partial charge in [-0.05, 0) is 13.0 Å². The highest BCUT2D eigenvalue weighted by Crippen LogP contribution is 2.31. The van der Waals surface area contributed by atoms with Crippen LogP contribution in [0.25, 0.3) is 33.3 Å². The van der Waals surface area contributed by atoms with Crippen molar-refractivity contribution >= 4 is 21.9 Å². The van der Waals surface area contributed by atoms with Crippen LogP contribution in [-0.2, 0) is 7.05 Å². The topological polar surface area (TPSA) is 79.4 Å². The van der Waals surface area contributed by atoms with Gasteiger partial charge in [0.2, 0.25) is 0 Å². The predicted octanol–water partition coefficient (Wildman–Crippen LogP) is 3.07. The van der Waals surface area contributed by atoms with Gasteiger partial charge in [0.05, 0.1) is 25.4 Å². The van der Waals surface area contributed by atoms with Gasteiger partial charge in [0.25, 0.3) is 0 Å². The molecule has 26 heavy (non-hydrogen) atoms. The molecule has 0 fully saturated rings. The van der Waals surface area contributed by atoms with Crippen molar-refractivity contribution in [1.82, 2.24) is 14.8 Å². The molecule has 0 amide bonds. The van der Waals surface area contributed by atoms with Crippen LogP contribution in [0, 0.1) is 6.92 Å². The Morgan fingerprint density at radius 2 is 1.92 bits per heavy atom. The van der Waals surface area contributed by atoms with Crippen molar-refractivity contribution < 1.29 is 13.9 Å². The van der Waals surface area contributed by atoms with E-state index in [9.17, 15) is 4.79 Å². The maximum absolute atomic E-state index is 12.7. The summed E-state index contributed by atoms with van der Waals surface area (Å²) >= 11 is 0. The molecule has 0 spiro atoms. The standard InChI is InChI=1S/C19H17N3O4/c1-10-12-9-20-13(7-14(12)22(2)21-10)16-8-15(23)19-17(25-4)5-11(24-3)6-18(19)26-16/h5-9H,1-4H3. The second-order valence-corrected chi connectivity index (χ2v) is 5.97. The quantitative estimate of drug-likeness (QED) is 0.564. The highest BCUT2D eigenvalue weighted by Gasteiger charge is 2.15. The molecule has 0 aliphatic carbocycles. The van der Waals surface area contributed by atoms with Gasteiger partial charge in [-0.15, -0.1) is 0 Å². The molecule has 132 valence electrons. The van der Waals surface area contributed by atoms with Crippen molar-refractivity contribution in [3.05, 3.63) is 46.4 Å². The first-order valence-corrected chi connectivity index (χ1v) is 8.01. The average molecular weight is 351 g/mol. The molecule has 1 aromatic carbocycles. The third-order valence-corrected chi connectivity index (χ3v) is 4.40. The van der Waals surface area contributed by atoms with Crippen LogP contribution in [0.5, 0.6) is 11.5 Å². The summed E-state index contributed by atoms with van der Waals surface area (Å²) in [5.41, 5.74) is 2.55. The lowest BCUT2D eigenvalue weighted by molar-refractivity contribution is 0.396. The zero-order valence-corrected chi connectivity index (χ0v) is 14.9. The summed E-state index contributed by atoms with van der Waals surface area (Å²) in [4.78, 5) is 17.1. The molecule has 7 nitrogen and oxygen atoms in total. The van der Waals surface area contributed by atoms with Crippen molar-refractivity contribution in [2.45, 2.75) is 6.92 Å². The number of aromatic nitrogens is 3. The molecular weight excluding hydrogens is 334 g/mol. The van der Waals surface area contributed by atoms with E-state index >= 15 is 0 Å². The normalized spacial score (nSPS) is 11.2. The Morgan fingerprint density at radius 1 is 1.12 bits per heavy atom. The largest absolute Gasteiger partial charge is 0.496 e. The smallest absolute Gasteiger partial charge is 0.197 e. The minimum atomic E-state index is -0.205. The van der Waals surface area contributed by atoms with E-state index in [2.05, 4.69) is 10.1 Å². The van der Waals surface area contributed by atoms with Crippen LogP contribution in [0.2, 0.25) is 0 Å². The molecular formula is C19H17N3O4. The van der Waals surface area contributed by atoms with Crippen molar-refractivity contribution in [3.8, 4) is 23.0 Å². The van der Waals surface area contributed by atoms with Crippen LogP contribution in [0.15, 0.2) is 39.7 Å². The summed E-state index contributed by atoms with van der Waals surface area (Å²) in [7, 11) is 4.91. The number of rotatable bonds is 3. The van der Waals surface area contributed by atoms with E-state index in [1.807, 2.05) is 20.0 Å². The fourth-order valence-corrected chi connectivity index (χ4v) is 3.09. The number of nitrogens with zero attached hydrogens (tertiary/aromatic N) is 3. The van der Waals surface area contributed by atoms with Crippen molar-refractivity contribution in [1.29, 1.82) is 0 Å². The number of ether oxygens (including phenoxy) is 2. The lowest BCUT2D eigenvalue weighted by Gasteiger charge is -2.09. The number of methoxy groups -OCH3 is 2. The van der Waals surface area contributed by atoms with Gasteiger partial charge < -0.3 is 13.9 Å². The van der Waals surface area contributed by atoms with E-state index < -0.39 is 0 Å². The van der Waals surface area contributed by atoms with Crippen LogP contribution >= 0.6 is 0 Å². The van der Waals surface area contributed by atoms with E-state index in [4.69, 9.17) is 13.9 Å². The van der Waals surface area contributed by atoms with Gasteiger partial charge in [-0.3, -0.25) is 14.5 Å². The third kappa shape index (κ3) is 2.40. The third-order valence-electron chi connectivity index (χ3n) is 4.40. The van der Waals surface area contributed by atoms with Crippen LogP contribution in [0.1, 0.15) is 5.69 Å². The van der Waals surface area contributed by atoms with Crippen molar-refractivity contribution in [2.75, 3.05) is 14.2 Å². The van der Waals surface area contributed by atoms with E-state index in [0.29, 0.717) is 33.9 Å². The molecule has 4 aromatic rings. The maximum Gasteiger partial charge on any atom is 0.197 e. The van der Waals surface area contributed by atoms with Crippen LogP contribution in [-0.4, -0.2) is 29.0 Å². The summed E-state index contributed by atoms with van der Waals surface area (Å²) in [5.74, 6) is 1.32. The number of benzene rings is 1. The van der Waals surface area contributed by atoms with Gasteiger partial charge in [0, 0.05) is 36.8 Å². The number of fused-ring (bicyclic) bond motifs is 2. The maximum atomic E-state index is 12.7. The first kappa shape index (κ1) is 16.1. The SMILES string of the molecule is COc1cc(OC)c2c(=O)cc(-c3cc4c(cn3)c(C)nn4C)oc2c1. The van der Waals surface area contributed by atoms with Crippen LogP contribution in [0.3, 0.4) is 0 Å². The van der Waals surface area contributed by atoms with Crippen LogP contribution in [0.4, 0.5) is 0 Å². The van der Waals surface area contributed by atoms with Gasteiger partial charge in [-0.25, -0.2) is 0 Å². The molecule has 4 rings (SSSR count). The molecule has 0 atom stereocenters. The summed E-state index contributed by atoms with van der Waals surface area (Å²) in [6, 6.07) is 6.60. The number of hydrogen-bond donors (Lipinski definition) is 0. The minimum absolute atomic E-state index is 0.205. The van der Waals surface area contributed by atoms with Gasteiger partial charge >= 0.3 is 0 Å². The summed E-state index contributed by atoms with van der Waals surface area (Å²) in [5, 5.41) is 5.72. The van der Waals surface area contributed by atoms with Gasteiger partial charge in [-0.1, -0.05) is 0 Å². The fourth-order valence-electron chi connectivity index (χ4n) is 3.09. The molecule has 0 saturated carbocycles. The van der Waals surface area contributed by atoms with E-state index in [1.54, 1.807) is 30.1 Å². The molecule has 7 heteroatoms. The Labute approximate surface area is 148 Å². The molecule has 0 saturated heterocycles. The number of hydrogen-bond acceptors (Lipinski definition) is 6. The van der Waals surface area contributed by atoms with Crippen molar-refractivity contribution in [3.63, 3.8) is 0 Å². The summed E-state index contributed by atoms with van der Waals surface area (Å²) in [6.07, 6.45) is 1.74. The van der Waals surface area contributed by atoms with Gasteiger partial charge in [0.1, 0.15) is 28.2 Å². The van der Waals surface area contributed by atoms with Crippen LogP contribution < -0.4 is 14.9 Å². The van der Waals surface area contributed by atoms with Gasteiger partial charge in [-0.2, -0.15) is 5.10 Å². The fraction of sp³-hybridized carbons (Fsp3) is 0.211. The number of pyridine rings is 1. The zero-order valence-electron chi connectivity index (χ0n) is 14.9. The lowest BCUT2D eigenvalue weighted by Crippen LogP contribution is -2.03. The Morgan fingerprint density at radius 3 is 2.65 bits per heavy atom. The monoisotopic (exact) mass is 351 g/mol. The highest BCUT2D eigenvalue weighted by atomic mass is 16.5. The number of aryl methyl sites for hydroxylation is 2. The Balaban J connectivity index is 1.97. The first-order chi connectivity index (χ1) is 12.5. The van der Waals surface area contributed by atoms with E-state index in [0.717, 1.165) is 16.6 Å². The molecule has 0 aliphatic heterocycles. The van der Waals surface area contributed by atoms with E-state index in [1.165, 1.54) is 13.2 Å². The predicted molar refractivity (Wildman–Crippen MR) is 97.8 cm³/mol. The molecule has 3 heterocycles. The summed E-state index contributed by atoms with van der Waals surface area (Å²) < 4.78 is 18.3. The minimum Gasteiger partial charge on any atom is -0.496 e. The Hall–Kier alpha value is -3.35. The average Bonchev–Trinajstić information content (AvgIpc) is 2.93. The van der Waals surface area contributed by atoms with Crippen molar-refractivity contribution in [2.24, 2.45) is 7.05 Å². The van der Waals surface area contributed by atoms with E-state index in [-0.39, 0.29) is 5.43 Å². The second-order valence-electron chi connectivity index (χ2n) is 5.97. The Bertz CT molecular complexity index is 1210. The summed E-state index contributed by atoms with van der Waals surface area (Å²) in [6.45, 7) is 1.93. The molecule has 3 aromatic heterocycles. The molecule has 0 bridgehead atoms. The Kier molecular flexibility index (Phi) is 3.64. The molecule has 0 N–H and O–H groups in total. The lowest BCUT2D eigenvalue weighted by atomic mass is 10.1. The molecule has 0 aliphatic rings. The second kappa shape index (κ2) is 5.87. The zero-order chi connectivity index (χ0) is 18.4. The van der Waals surface area contributed by atoms with Gasteiger partial charge in [0.15, 0.2) is 11.2 Å². The first-order valence-electron chi connectivity index (χ1n) is 8.01.